The number of hydrogen-bond donors (Lipinski definition) is 2. The summed E-state index contributed by atoms with van der Waals surface area (Å²) in [5.41, 5.74) is 2.06. The van der Waals surface area contributed by atoms with Crippen molar-refractivity contribution < 1.29 is 5.11 Å². The first-order valence-electron chi connectivity index (χ1n) is 7.94. The molecule has 108 valence electrons. The van der Waals surface area contributed by atoms with Crippen LogP contribution in [0.4, 0.5) is 0 Å². The van der Waals surface area contributed by atoms with Gasteiger partial charge in [-0.2, -0.15) is 0 Å². The van der Waals surface area contributed by atoms with Crippen molar-refractivity contribution >= 4 is 0 Å². The first-order chi connectivity index (χ1) is 9.40. The normalized spacial score (nSPS) is 44.8. The molecule has 4 atom stereocenters. The quantitative estimate of drug-likeness (QED) is 0.820. The van der Waals surface area contributed by atoms with Crippen molar-refractivity contribution in [1.29, 1.82) is 0 Å². The van der Waals surface area contributed by atoms with Crippen LogP contribution in [0.5, 0.6) is 0 Å². The van der Waals surface area contributed by atoms with Crippen LogP contribution < -0.4 is 5.32 Å². The SMILES string of the molecule is CC12CCC(C1)C(C)(C)C2(O)C1NCc2ccccc21. The van der Waals surface area contributed by atoms with Crippen molar-refractivity contribution in [1.82, 2.24) is 5.32 Å². The lowest BCUT2D eigenvalue weighted by Crippen LogP contribution is -2.60. The van der Waals surface area contributed by atoms with Crippen LogP contribution >= 0.6 is 0 Å². The molecule has 2 saturated carbocycles. The van der Waals surface area contributed by atoms with Crippen LogP contribution in [0.25, 0.3) is 0 Å². The molecule has 1 aromatic rings. The average Bonchev–Trinajstić information content (AvgIpc) is 3.05. The molecule has 0 spiro atoms. The highest BCUT2D eigenvalue weighted by Crippen LogP contribution is 2.71. The molecule has 20 heavy (non-hydrogen) atoms. The third-order valence-corrected chi connectivity index (χ3v) is 6.95. The maximum absolute atomic E-state index is 11.9. The van der Waals surface area contributed by atoms with Crippen LogP contribution in [0, 0.1) is 16.7 Å². The van der Waals surface area contributed by atoms with Crippen molar-refractivity contribution in [3.05, 3.63) is 35.4 Å². The van der Waals surface area contributed by atoms with Crippen LogP contribution in [-0.2, 0) is 6.54 Å². The summed E-state index contributed by atoms with van der Waals surface area (Å²) in [4.78, 5) is 0. The van der Waals surface area contributed by atoms with Crippen molar-refractivity contribution in [3.63, 3.8) is 0 Å². The molecule has 0 saturated heterocycles. The maximum Gasteiger partial charge on any atom is 0.0948 e. The molecule has 1 heterocycles. The van der Waals surface area contributed by atoms with Crippen LogP contribution in [0.15, 0.2) is 24.3 Å². The molecule has 2 N–H and O–H groups in total. The molecule has 4 unspecified atom stereocenters. The summed E-state index contributed by atoms with van der Waals surface area (Å²) in [6, 6.07) is 8.67. The number of hydrogen-bond acceptors (Lipinski definition) is 2. The number of rotatable bonds is 1. The molecule has 2 heteroatoms. The zero-order chi connectivity index (χ0) is 14.2. The summed E-state index contributed by atoms with van der Waals surface area (Å²) in [6.45, 7) is 7.76. The molecule has 3 aliphatic rings. The first kappa shape index (κ1) is 12.8. The van der Waals surface area contributed by atoms with Gasteiger partial charge in [-0.15, -0.1) is 0 Å². The smallest absolute Gasteiger partial charge is 0.0948 e. The predicted octanol–water partition coefficient (Wildman–Crippen LogP) is 3.41. The molecule has 2 nitrogen and oxygen atoms in total. The Bertz CT molecular complexity index is 560. The van der Waals surface area contributed by atoms with E-state index in [2.05, 4.69) is 50.4 Å². The van der Waals surface area contributed by atoms with Gasteiger partial charge < -0.3 is 10.4 Å². The van der Waals surface area contributed by atoms with Gasteiger partial charge in [-0.25, -0.2) is 0 Å². The molecule has 2 fully saturated rings. The Hall–Kier alpha value is -0.860. The Morgan fingerprint density at radius 1 is 1.20 bits per heavy atom. The van der Waals surface area contributed by atoms with Crippen LogP contribution in [-0.4, -0.2) is 10.7 Å². The third-order valence-electron chi connectivity index (χ3n) is 6.95. The molecule has 2 bridgehead atoms. The fourth-order valence-electron chi connectivity index (χ4n) is 5.68. The highest BCUT2D eigenvalue weighted by atomic mass is 16.3. The summed E-state index contributed by atoms with van der Waals surface area (Å²) in [6.07, 6.45) is 3.62. The standard InChI is InChI=1S/C18H25NO/c1-16(2)13-8-9-17(3,10-13)18(16,20)15-14-7-5-4-6-12(14)11-19-15/h4-7,13,15,19-20H,8-11H2,1-3H3. The number of aliphatic hydroxyl groups is 1. The minimum atomic E-state index is -0.643. The summed E-state index contributed by atoms with van der Waals surface area (Å²) in [5, 5.41) is 15.5. The Morgan fingerprint density at radius 3 is 2.65 bits per heavy atom. The van der Waals surface area contributed by atoms with Crippen molar-refractivity contribution in [2.24, 2.45) is 16.7 Å². The molecule has 1 aromatic carbocycles. The molecule has 2 aliphatic carbocycles. The second-order valence-corrected chi connectivity index (χ2v) is 8.00. The van der Waals surface area contributed by atoms with E-state index in [4.69, 9.17) is 0 Å². The Balaban J connectivity index is 1.86. The molecule has 0 aromatic heterocycles. The summed E-state index contributed by atoms with van der Waals surface area (Å²) < 4.78 is 0. The fraction of sp³-hybridized carbons (Fsp3) is 0.667. The van der Waals surface area contributed by atoms with Gasteiger partial charge >= 0.3 is 0 Å². The molecule has 1 aliphatic heterocycles. The van der Waals surface area contributed by atoms with E-state index in [1.54, 1.807) is 0 Å². The molecule has 4 rings (SSSR count). The number of benzene rings is 1. The van der Waals surface area contributed by atoms with Gasteiger partial charge in [0.1, 0.15) is 0 Å². The highest BCUT2D eigenvalue weighted by Gasteiger charge is 2.71. The second-order valence-electron chi connectivity index (χ2n) is 8.00. The minimum absolute atomic E-state index is 0.0187. The van der Waals surface area contributed by atoms with Gasteiger partial charge in [0.2, 0.25) is 0 Å². The monoisotopic (exact) mass is 271 g/mol. The van der Waals surface area contributed by atoms with Crippen LogP contribution in [0.1, 0.15) is 57.2 Å². The summed E-state index contributed by atoms with van der Waals surface area (Å²) >= 11 is 0. The average molecular weight is 271 g/mol. The predicted molar refractivity (Wildman–Crippen MR) is 80.2 cm³/mol. The second kappa shape index (κ2) is 3.66. The summed E-state index contributed by atoms with van der Waals surface area (Å²) in [5.74, 6) is 0.659. The zero-order valence-corrected chi connectivity index (χ0v) is 12.7. The largest absolute Gasteiger partial charge is 0.387 e. The highest BCUT2D eigenvalue weighted by molar-refractivity contribution is 5.39. The van der Waals surface area contributed by atoms with Crippen LogP contribution in [0.2, 0.25) is 0 Å². The summed E-state index contributed by atoms with van der Waals surface area (Å²) in [7, 11) is 0. The van der Waals surface area contributed by atoms with E-state index in [0.717, 1.165) is 13.0 Å². The number of fused-ring (bicyclic) bond motifs is 3. The Kier molecular flexibility index (Phi) is 2.35. The Morgan fingerprint density at radius 2 is 1.95 bits per heavy atom. The lowest BCUT2D eigenvalue weighted by Gasteiger charge is -2.54. The van der Waals surface area contributed by atoms with Gasteiger partial charge in [-0.05, 0) is 47.1 Å². The van der Waals surface area contributed by atoms with E-state index in [1.165, 1.54) is 24.0 Å². The minimum Gasteiger partial charge on any atom is -0.387 e. The van der Waals surface area contributed by atoms with E-state index in [9.17, 15) is 5.11 Å². The van der Waals surface area contributed by atoms with E-state index >= 15 is 0 Å². The number of nitrogens with one attached hydrogen (secondary N) is 1. The van der Waals surface area contributed by atoms with Crippen LogP contribution in [0.3, 0.4) is 0 Å². The third kappa shape index (κ3) is 1.23. The van der Waals surface area contributed by atoms with Gasteiger partial charge in [-0.1, -0.05) is 45.0 Å². The van der Waals surface area contributed by atoms with E-state index in [1.807, 2.05) is 0 Å². The molecular weight excluding hydrogens is 246 g/mol. The van der Waals surface area contributed by atoms with Gasteiger partial charge in [-0.3, -0.25) is 0 Å². The molecule has 0 amide bonds. The molecular formula is C18H25NO. The van der Waals surface area contributed by atoms with E-state index in [0.29, 0.717) is 5.92 Å². The fourth-order valence-corrected chi connectivity index (χ4v) is 5.68. The Labute approximate surface area is 121 Å². The van der Waals surface area contributed by atoms with Crippen molar-refractivity contribution in [2.45, 2.75) is 58.2 Å². The van der Waals surface area contributed by atoms with Gasteiger partial charge in [0.25, 0.3) is 0 Å². The van der Waals surface area contributed by atoms with Crippen molar-refractivity contribution in [3.8, 4) is 0 Å². The van der Waals surface area contributed by atoms with Crippen molar-refractivity contribution in [2.75, 3.05) is 0 Å². The van der Waals surface area contributed by atoms with Gasteiger partial charge in [0.05, 0.1) is 11.6 Å². The van der Waals surface area contributed by atoms with Gasteiger partial charge in [0, 0.05) is 6.54 Å². The first-order valence-corrected chi connectivity index (χ1v) is 7.94. The molecule has 0 radical (unpaired) electrons. The van der Waals surface area contributed by atoms with E-state index < -0.39 is 5.60 Å². The van der Waals surface area contributed by atoms with Gasteiger partial charge in [0.15, 0.2) is 0 Å². The maximum atomic E-state index is 11.9. The lowest BCUT2D eigenvalue weighted by molar-refractivity contribution is -0.165. The zero-order valence-electron chi connectivity index (χ0n) is 12.7. The lowest BCUT2D eigenvalue weighted by atomic mass is 9.56. The topological polar surface area (TPSA) is 32.3 Å². The van der Waals surface area contributed by atoms with E-state index in [-0.39, 0.29) is 16.9 Å².